The number of amides is 2. The summed E-state index contributed by atoms with van der Waals surface area (Å²) in [6.45, 7) is 5.02. The van der Waals surface area contributed by atoms with Gasteiger partial charge in [-0.25, -0.2) is 4.98 Å². The van der Waals surface area contributed by atoms with Crippen LogP contribution in [-0.2, 0) is 22.7 Å². The molecule has 6 nitrogen and oxygen atoms in total. The van der Waals surface area contributed by atoms with Crippen molar-refractivity contribution in [3.8, 4) is 0 Å². The number of aromatic nitrogens is 2. The summed E-state index contributed by atoms with van der Waals surface area (Å²) < 4.78 is 0.872. The second-order valence-electron chi connectivity index (χ2n) is 8.42. The summed E-state index contributed by atoms with van der Waals surface area (Å²) in [6.07, 6.45) is 0. The number of nitrogens with zero attached hydrogens (tertiary/aromatic N) is 3. The summed E-state index contributed by atoms with van der Waals surface area (Å²) in [7, 11) is 0. The smallest absolute Gasteiger partial charge is 0.252 e. The Balaban J connectivity index is 1.42. The second-order valence-corrected chi connectivity index (χ2v) is 9.88. The second kappa shape index (κ2) is 8.99. The maximum Gasteiger partial charge on any atom is 0.252 e. The highest BCUT2D eigenvalue weighted by Gasteiger charge is 2.48. The van der Waals surface area contributed by atoms with E-state index in [1.165, 1.54) is 11.8 Å². The van der Waals surface area contributed by atoms with Crippen LogP contribution < -0.4 is 10.2 Å². The minimum atomic E-state index is -1.25. The molecule has 4 aromatic rings. The number of carbonyl (C=O) groups is 2. The number of anilines is 1. The van der Waals surface area contributed by atoms with Gasteiger partial charge in [0, 0.05) is 18.0 Å². The molecule has 2 heterocycles. The van der Waals surface area contributed by atoms with Gasteiger partial charge in [0.05, 0.1) is 23.3 Å². The maximum absolute atomic E-state index is 13.4. The summed E-state index contributed by atoms with van der Waals surface area (Å²) in [4.78, 5) is 34.2. The molecule has 1 N–H and O–H groups in total. The molecule has 0 fully saturated rings. The molecule has 0 radical (unpaired) electrons. The number of nitrogens with one attached hydrogen (secondary N) is 1. The monoisotopic (exact) mass is 470 g/mol. The van der Waals surface area contributed by atoms with Crippen LogP contribution in [0.3, 0.4) is 0 Å². The highest BCUT2D eigenvalue weighted by atomic mass is 32.2. The molecule has 1 unspecified atom stereocenters. The molecule has 0 aliphatic carbocycles. The van der Waals surface area contributed by atoms with E-state index in [4.69, 9.17) is 4.98 Å². The summed E-state index contributed by atoms with van der Waals surface area (Å²) >= 11 is 1.31. The largest absolute Gasteiger partial charge is 0.347 e. The number of para-hydroxylation sites is 3. The molecule has 0 saturated carbocycles. The van der Waals surface area contributed by atoms with Gasteiger partial charge in [-0.05, 0) is 43.7 Å². The molecule has 3 aromatic carbocycles. The minimum Gasteiger partial charge on any atom is -0.347 e. The zero-order valence-electron chi connectivity index (χ0n) is 19.2. The van der Waals surface area contributed by atoms with Crippen molar-refractivity contribution in [2.24, 2.45) is 0 Å². The molecule has 1 aromatic heterocycles. The molecule has 5 rings (SSSR count). The number of rotatable bonds is 6. The fourth-order valence-corrected chi connectivity index (χ4v) is 5.62. The Kier molecular flexibility index (Phi) is 5.87. The summed E-state index contributed by atoms with van der Waals surface area (Å²) in [5.41, 5.74) is 3.90. The molecular formula is C27H26N4O2S. The van der Waals surface area contributed by atoms with Gasteiger partial charge in [0.25, 0.3) is 5.91 Å². The Morgan fingerprint density at radius 2 is 1.71 bits per heavy atom. The van der Waals surface area contributed by atoms with Crippen molar-refractivity contribution >= 4 is 40.3 Å². The van der Waals surface area contributed by atoms with Crippen molar-refractivity contribution in [3.05, 3.63) is 90.3 Å². The van der Waals surface area contributed by atoms with E-state index in [0.29, 0.717) is 13.1 Å². The number of hydrogen-bond donors (Lipinski definition) is 1. The summed E-state index contributed by atoms with van der Waals surface area (Å²) in [5.74, 6) is 0.241. The summed E-state index contributed by atoms with van der Waals surface area (Å²) in [5, 5.41) is 3.01. The predicted molar refractivity (Wildman–Crippen MR) is 136 cm³/mol. The Bertz CT molecular complexity index is 1370. The van der Waals surface area contributed by atoms with Gasteiger partial charge in [-0.1, -0.05) is 66.4 Å². The lowest BCUT2D eigenvalue weighted by Gasteiger charge is -2.38. The fraction of sp³-hybridized carbons (Fsp3) is 0.222. The third-order valence-electron chi connectivity index (χ3n) is 6.20. The van der Waals surface area contributed by atoms with E-state index < -0.39 is 4.75 Å². The molecule has 34 heavy (non-hydrogen) atoms. The Morgan fingerprint density at radius 1 is 1.00 bits per heavy atom. The van der Waals surface area contributed by atoms with E-state index in [1.54, 1.807) is 11.8 Å². The maximum atomic E-state index is 13.4. The Morgan fingerprint density at radius 3 is 2.50 bits per heavy atom. The summed E-state index contributed by atoms with van der Waals surface area (Å²) in [6, 6.07) is 25.9. The first-order valence-electron chi connectivity index (χ1n) is 11.4. The zero-order valence-corrected chi connectivity index (χ0v) is 20.0. The lowest BCUT2D eigenvalue weighted by Crippen LogP contribution is -2.56. The molecule has 7 heteroatoms. The van der Waals surface area contributed by atoms with Crippen LogP contribution in [0.15, 0.2) is 83.8 Å². The number of imidazole rings is 1. The van der Waals surface area contributed by atoms with Gasteiger partial charge in [-0.15, -0.1) is 0 Å². The zero-order chi connectivity index (χ0) is 23.7. The number of thioether (sulfide) groups is 1. The molecule has 0 bridgehead atoms. The van der Waals surface area contributed by atoms with Gasteiger partial charge in [-0.2, -0.15) is 0 Å². The van der Waals surface area contributed by atoms with Crippen LogP contribution in [0.2, 0.25) is 0 Å². The fourth-order valence-electron chi connectivity index (χ4n) is 4.39. The highest BCUT2D eigenvalue weighted by Crippen LogP contribution is 2.45. The molecule has 1 aliphatic rings. The quantitative estimate of drug-likeness (QED) is 0.418. The van der Waals surface area contributed by atoms with Gasteiger partial charge < -0.3 is 14.8 Å². The minimum absolute atomic E-state index is 0.200. The van der Waals surface area contributed by atoms with E-state index in [2.05, 4.69) is 22.0 Å². The predicted octanol–water partition coefficient (Wildman–Crippen LogP) is 4.62. The SMILES string of the molecule is CCN1C(=O)C(C)(C(=O)NCc2nc3ccccc3n2Cc2ccccc2)Sc2ccccc21. The standard InChI is InChI=1S/C27H26N4O2S/c1-3-30-22-15-9-10-16-23(22)34-27(2,26(30)33)25(32)28-17-24-29-20-13-7-8-14-21(20)31(24)18-19-11-5-4-6-12-19/h4-16H,3,17-18H2,1-2H3,(H,28,32). The first kappa shape index (κ1) is 22.2. The van der Waals surface area contributed by atoms with Gasteiger partial charge in [0.2, 0.25) is 5.91 Å². The molecule has 0 spiro atoms. The van der Waals surface area contributed by atoms with Crippen LogP contribution in [-0.4, -0.2) is 32.7 Å². The van der Waals surface area contributed by atoms with E-state index >= 15 is 0 Å². The van der Waals surface area contributed by atoms with Gasteiger partial charge in [-0.3, -0.25) is 9.59 Å². The van der Waals surface area contributed by atoms with Crippen molar-refractivity contribution in [1.82, 2.24) is 14.9 Å². The first-order chi connectivity index (χ1) is 16.5. The van der Waals surface area contributed by atoms with E-state index in [0.717, 1.165) is 33.0 Å². The first-order valence-corrected chi connectivity index (χ1v) is 12.2. The number of carbonyl (C=O) groups excluding carboxylic acids is 2. The molecule has 2 amide bonds. The average Bonchev–Trinajstić information content (AvgIpc) is 3.21. The van der Waals surface area contributed by atoms with Crippen molar-refractivity contribution < 1.29 is 9.59 Å². The normalized spacial score (nSPS) is 17.6. The average molecular weight is 471 g/mol. The van der Waals surface area contributed by atoms with Crippen LogP contribution >= 0.6 is 11.8 Å². The van der Waals surface area contributed by atoms with Gasteiger partial charge in [0.15, 0.2) is 4.75 Å². The van der Waals surface area contributed by atoms with Crippen molar-refractivity contribution in [2.75, 3.05) is 11.4 Å². The van der Waals surface area contributed by atoms with Gasteiger partial charge >= 0.3 is 0 Å². The lowest BCUT2D eigenvalue weighted by atomic mass is 10.1. The third kappa shape index (κ3) is 3.86. The molecule has 172 valence electrons. The topological polar surface area (TPSA) is 67.2 Å². The van der Waals surface area contributed by atoms with Crippen LogP contribution in [0.4, 0.5) is 5.69 Å². The van der Waals surface area contributed by atoms with Crippen LogP contribution in [0.5, 0.6) is 0 Å². The number of hydrogen-bond acceptors (Lipinski definition) is 4. The van der Waals surface area contributed by atoms with Crippen LogP contribution in [0.25, 0.3) is 11.0 Å². The van der Waals surface area contributed by atoms with Gasteiger partial charge in [0.1, 0.15) is 5.82 Å². The molecule has 1 aliphatic heterocycles. The lowest BCUT2D eigenvalue weighted by molar-refractivity contribution is -0.131. The van der Waals surface area contributed by atoms with E-state index in [9.17, 15) is 9.59 Å². The number of benzene rings is 3. The Labute approximate surface area is 203 Å². The van der Waals surface area contributed by atoms with E-state index in [1.807, 2.05) is 73.7 Å². The Hall–Kier alpha value is -3.58. The van der Waals surface area contributed by atoms with Crippen LogP contribution in [0, 0.1) is 0 Å². The number of fused-ring (bicyclic) bond motifs is 2. The highest BCUT2D eigenvalue weighted by molar-refractivity contribution is 8.02. The molecule has 0 saturated heterocycles. The molecular weight excluding hydrogens is 444 g/mol. The molecule has 1 atom stereocenters. The van der Waals surface area contributed by atoms with E-state index in [-0.39, 0.29) is 18.4 Å². The third-order valence-corrected chi connectivity index (χ3v) is 7.53. The van der Waals surface area contributed by atoms with Crippen molar-refractivity contribution in [1.29, 1.82) is 0 Å². The van der Waals surface area contributed by atoms with Crippen molar-refractivity contribution in [2.45, 2.75) is 36.6 Å². The van der Waals surface area contributed by atoms with Crippen LogP contribution in [0.1, 0.15) is 25.2 Å². The van der Waals surface area contributed by atoms with Crippen molar-refractivity contribution in [3.63, 3.8) is 0 Å².